The number of anilines is 1. The molecule has 0 spiro atoms. The van der Waals surface area contributed by atoms with E-state index < -0.39 is 6.09 Å². The maximum atomic E-state index is 13.7. The number of nitrogens with zero attached hydrogens (tertiary/aromatic N) is 6. The van der Waals surface area contributed by atoms with Crippen LogP contribution in [-0.4, -0.2) is 120 Å². The Morgan fingerprint density at radius 2 is 1.47 bits per heavy atom. The number of hydrogen-bond acceptors (Lipinski definition) is 7. The molecular formula is C32H40N6O5. The van der Waals surface area contributed by atoms with Crippen LogP contribution in [0.2, 0.25) is 0 Å². The fraction of sp³-hybridized carbons (Fsp3) is 0.531. The summed E-state index contributed by atoms with van der Waals surface area (Å²) in [6.45, 7) is 7.98. The maximum Gasteiger partial charge on any atom is 0.415 e. The van der Waals surface area contributed by atoms with Crippen LogP contribution in [0.1, 0.15) is 43.0 Å². The zero-order valence-electron chi connectivity index (χ0n) is 24.8. The van der Waals surface area contributed by atoms with Crippen molar-refractivity contribution in [2.24, 2.45) is 5.92 Å². The van der Waals surface area contributed by atoms with E-state index in [4.69, 9.17) is 9.72 Å². The Kier molecular flexibility index (Phi) is 8.60. The van der Waals surface area contributed by atoms with Gasteiger partial charge in [0.05, 0.1) is 12.2 Å². The number of pyridine rings is 1. The van der Waals surface area contributed by atoms with Crippen molar-refractivity contribution in [3.05, 3.63) is 48.0 Å². The predicted octanol–water partition coefficient (Wildman–Crippen LogP) is 2.71. The Morgan fingerprint density at radius 1 is 0.791 bits per heavy atom. The van der Waals surface area contributed by atoms with Crippen molar-refractivity contribution < 1.29 is 23.9 Å². The fourth-order valence-electron chi connectivity index (χ4n) is 6.76. The van der Waals surface area contributed by atoms with Crippen LogP contribution >= 0.6 is 0 Å². The second-order valence-electron chi connectivity index (χ2n) is 11.9. The molecule has 1 aromatic carbocycles. The minimum Gasteiger partial charge on any atom is -0.447 e. The topological polar surface area (TPSA) is 107 Å². The van der Waals surface area contributed by atoms with Gasteiger partial charge >= 0.3 is 6.09 Å². The first kappa shape index (κ1) is 29.1. The average Bonchev–Trinajstić information content (AvgIpc) is 3.50. The number of hydrogen-bond donors (Lipinski definition) is 0. The Morgan fingerprint density at radius 3 is 2.09 bits per heavy atom. The number of cyclic esters (lactones) is 1. The SMILES string of the molecule is CC(=O)N1CCC(C(=O)N2CCC(N3CCN(C(=O)c4cc(-c5ccccc5)nc(N5CCOC5=O)c4)CC3)CC2)CC1. The van der Waals surface area contributed by atoms with E-state index in [-0.39, 0.29) is 23.6 Å². The van der Waals surface area contributed by atoms with Gasteiger partial charge in [-0.25, -0.2) is 9.78 Å². The van der Waals surface area contributed by atoms with Gasteiger partial charge in [0.15, 0.2) is 0 Å². The van der Waals surface area contributed by atoms with Gasteiger partial charge in [0, 0.05) is 82.4 Å². The molecule has 43 heavy (non-hydrogen) atoms. The van der Waals surface area contributed by atoms with Crippen molar-refractivity contribution in [3.8, 4) is 11.3 Å². The lowest BCUT2D eigenvalue weighted by molar-refractivity contribution is -0.141. The normalized spacial score (nSPS) is 20.8. The molecule has 5 heterocycles. The fourth-order valence-corrected chi connectivity index (χ4v) is 6.76. The van der Waals surface area contributed by atoms with Gasteiger partial charge in [-0.3, -0.25) is 24.2 Å². The Labute approximate surface area is 252 Å². The van der Waals surface area contributed by atoms with Gasteiger partial charge < -0.3 is 19.4 Å². The van der Waals surface area contributed by atoms with E-state index in [2.05, 4.69) is 4.90 Å². The van der Waals surface area contributed by atoms with Crippen LogP contribution in [0.3, 0.4) is 0 Å². The highest BCUT2D eigenvalue weighted by Crippen LogP contribution is 2.27. The van der Waals surface area contributed by atoms with E-state index in [9.17, 15) is 19.2 Å². The average molecular weight is 589 g/mol. The molecule has 4 aliphatic rings. The standard InChI is InChI=1S/C32H40N6O5/c1-23(39)34-11-7-25(8-12-34)30(40)36-13-9-27(10-14-36)35-15-17-37(18-16-35)31(41)26-21-28(24-5-3-2-4-6-24)33-29(22-26)38-19-20-43-32(38)42/h2-6,21-22,25,27H,7-20H2,1H3. The molecule has 0 unspecified atom stereocenters. The summed E-state index contributed by atoms with van der Waals surface area (Å²) < 4.78 is 5.13. The third kappa shape index (κ3) is 6.36. The summed E-state index contributed by atoms with van der Waals surface area (Å²) in [5.41, 5.74) is 2.03. The molecular weight excluding hydrogens is 548 g/mol. The molecule has 0 radical (unpaired) electrons. The van der Waals surface area contributed by atoms with E-state index in [1.54, 1.807) is 13.0 Å². The molecule has 1 aromatic heterocycles. The number of ether oxygens (including phenoxy) is 1. The lowest BCUT2D eigenvalue weighted by Crippen LogP contribution is -2.55. The van der Waals surface area contributed by atoms with Gasteiger partial charge in [-0.15, -0.1) is 0 Å². The summed E-state index contributed by atoms with van der Waals surface area (Å²) in [6.07, 6.45) is 2.93. The van der Waals surface area contributed by atoms with Gasteiger partial charge in [0.25, 0.3) is 5.91 Å². The highest BCUT2D eigenvalue weighted by atomic mass is 16.6. The van der Waals surface area contributed by atoms with Crippen molar-refractivity contribution in [3.63, 3.8) is 0 Å². The van der Waals surface area contributed by atoms with Crippen molar-refractivity contribution >= 4 is 29.6 Å². The molecule has 0 atom stereocenters. The zero-order valence-corrected chi connectivity index (χ0v) is 24.8. The van der Waals surface area contributed by atoms with E-state index in [1.807, 2.05) is 51.1 Å². The van der Waals surface area contributed by atoms with E-state index in [0.717, 1.165) is 57.4 Å². The van der Waals surface area contributed by atoms with Gasteiger partial charge in [-0.05, 0) is 37.8 Å². The van der Waals surface area contributed by atoms with Crippen molar-refractivity contribution in [1.82, 2.24) is 24.6 Å². The van der Waals surface area contributed by atoms with E-state index in [0.29, 0.717) is 62.4 Å². The Bertz CT molecular complexity index is 1350. The summed E-state index contributed by atoms with van der Waals surface area (Å²) in [4.78, 5) is 65.1. The number of carbonyl (C=O) groups is 4. The van der Waals surface area contributed by atoms with Gasteiger partial charge in [-0.2, -0.15) is 0 Å². The lowest BCUT2D eigenvalue weighted by Gasteiger charge is -2.43. The molecule has 2 aromatic rings. The molecule has 0 saturated carbocycles. The van der Waals surface area contributed by atoms with Crippen molar-refractivity contribution in [1.29, 1.82) is 0 Å². The second-order valence-corrected chi connectivity index (χ2v) is 11.9. The molecule has 11 nitrogen and oxygen atoms in total. The van der Waals surface area contributed by atoms with Crippen LogP contribution < -0.4 is 4.90 Å². The highest BCUT2D eigenvalue weighted by Gasteiger charge is 2.34. The molecule has 228 valence electrons. The van der Waals surface area contributed by atoms with Crippen LogP contribution in [0.4, 0.5) is 10.6 Å². The summed E-state index contributed by atoms with van der Waals surface area (Å²) in [5, 5.41) is 0. The minimum absolute atomic E-state index is 0.0222. The Balaban J connectivity index is 1.04. The first-order chi connectivity index (χ1) is 20.9. The van der Waals surface area contributed by atoms with Crippen LogP contribution in [-0.2, 0) is 14.3 Å². The van der Waals surface area contributed by atoms with Crippen LogP contribution in [0, 0.1) is 5.92 Å². The van der Waals surface area contributed by atoms with Gasteiger partial charge in [0.1, 0.15) is 12.4 Å². The quantitative estimate of drug-likeness (QED) is 0.529. The first-order valence-corrected chi connectivity index (χ1v) is 15.5. The number of piperidine rings is 2. The number of likely N-dealkylation sites (tertiary alicyclic amines) is 2. The number of amides is 4. The summed E-state index contributed by atoms with van der Waals surface area (Å²) in [6, 6.07) is 13.6. The van der Waals surface area contributed by atoms with E-state index in [1.165, 1.54) is 4.90 Å². The predicted molar refractivity (Wildman–Crippen MR) is 160 cm³/mol. The largest absolute Gasteiger partial charge is 0.447 e. The Hall–Kier alpha value is -3.99. The number of carbonyl (C=O) groups excluding carboxylic acids is 4. The molecule has 4 amide bonds. The third-order valence-electron chi connectivity index (χ3n) is 9.35. The summed E-state index contributed by atoms with van der Waals surface area (Å²) in [7, 11) is 0. The molecule has 6 rings (SSSR count). The molecule has 4 fully saturated rings. The number of benzene rings is 1. The molecule has 4 aliphatic heterocycles. The number of piperazine rings is 1. The number of aromatic nitrogens is 1. The molecule has 0 N–H and O–H groups in total. The second kappa shape index (κ2) is 12.7. The molecule has 0 bridgehead atoms. The van der Waals surface area contributed by atoms with Gasteiger partial charge in [-0.1, -0.05) is 30.3 Å². The third-order valence-corrected chi connectivity index (χ3v) is 9.35. The molecule has 11 heteroatoms. The maximum absolute atomic E-state index is 13.7. The number of rotatable bonds is 5. The minimum atomic E-state index is -0.448. The van der Waals surface area contributed by atoms with Crippen LogP contribution in [0.5, 0.6) is 0 Å². The van der Waals surface area contributed by atoms with Crippen molar-refractivity contribution in [2.45, 2.75) is 38.6 Å². The molecule has 0 aliphatic carbocycles. The van der Waals surface area contributed by atoms with Gasteiger partial charge in [0.2, 0.25) is 11.8 Å². The summed E-state index contributed by atoms with van der Waals surface area (Å²) in [5.74, 6) is 0.713. The van der Waals surface area contributed by atoms with Crippen molar-refractivity contribution in [2.75, 3.05) is 70.4 Å². The highest BCUT2D eigenvalue weighted by molar-refractivity contribution is 5.97. The molecule has 4 saturated heterocycles. The zero-order chi connectivity index (χ0) is 29.9. The summed E-state index contributed by atoms with van der Waals surface area (Å²) >= 11 is 0. The monoisotopic (exact) mass is 588 g/mol. The first-order valence-electron chi connectivity index (χ1n) is 15.5. The van der Waals surface area contributed by atoms with E-state index >= 15 is 0 Å². The van der Waals surface area contributed by atoms with Crippen LogP contribution in [0.15, 0.2) is 42.5 Å². The lowest BCUT2D eigenvalue weighted by atomic mass is 9.93. The smallest absolute Gasteiger partial charge is 0.415 e. The van der Waals surface area contributed by atoms with Crippen LogP contribution in [0.25, 0.3) is 11.3 Å².